The first-order chi connectivity index (χ1) is 32.6. The average molecular weight is 935 g/mol. The van der Waals surface area contributed by atoms with Crippen molar-refractivity contribution in [2.24, 2.45) is 0 Å². The Bertz CT molecular complexity index is 2930. The molecule has 0 fully saturated rings. The molecule has 2 aromatic heterocycles. The third kappa shape index (κ3) is 14.8. The third-order valence-electron chi connectivity index (χ3n) is 9.42. The number of para-hydroxylation sites is 4. The highest BCUT2D eigenvalue weighted by atomic mass is 31.2. The number of aromatic hydroxyl groups is 2. The second kappa shape index (κ2) is 26.6. The monoisotopic (exact) mass is 934 g/mol. The lowest BCUT2D eigenvalue weighted by atomic mass is 10.0. The second-order valence-corrected chi connectivity index (χ2v) is 18.4. The molecule has 13 heteroatoms. The number of hydrogen-bond acceptors (Lipinski definition) is 11. The maximum Gasteiger partial charge on any atom is 0.597 e. The van der Waals surface area contributed by atoms with E-state index in [1.54, 1.807) is 48.5 Å². The van der Waals surface area contributed by atoms with Crippen LogP contribution in [0.15, 0.2) is 192 Å². The number of nitrogens with zero attached hydrogens (tertiary/aromatic N) is 3. The Morgan fingerprint density at radius 1 is 0.537 bits per heavy atom. The summed E-state index contributed by atoms with van der Waals surface area (Å²) >= 11 is 0. The minimum atomic E-state index is -2.72. The van der Waals surface area contributed by atoms with E-state index in [0.29, 0.717) is 41.0 Å². The van der Waals surface area contributed by atoms with Crippen LogP contribution < -0.4 is 20.5 Å². The number of rotatable bonds is 6. The van der Waals surface area contributed by atoms with Crippen LogP contribution in [-0.4, -0.2) is 44.4 Å². The molecule has 4 N–H and O–H groups in total. The molecule has 0 spiro atoms. The Balaban J connectivity index is 0.000000161. The first kappa shape index (κ1) is 50.7. The van der Waals surface area contributed by atoms with E-state index in [9.17, 15) is 9.13 Å². The van der Waals surface area contributed by atoms with Gasteiger partial charge in [0.05, 0.1) is 5.30 Å². The fourth-order valence-corrected chi connectivity index (χ4v) is 9.36. The predicted molar refractivity (Wildman–Crippen MR) is 277 cm³/mol. The topological polar surface area (TPSA) is 160 Å². The van der Waals surface area contributed by atoms with Gasteiger partial charge in [-0.3, -0.25) is 4.57 Å². The Morgan fingerprint density at radius 2 is 1.00 bits per heavy atom. The summed E-state index contributed by atoms with van der Waals surface area (Å²) in [6, 6.07) is 58.2. The fraction of sp³-hybridized carbons (Fsp3) is 0.167. The van der Waals surface area contributed by atoms with Crippen molar-refractivity contribution in [3.63, 3.8) is 0 Å². The molecule has 0 saturated heterocycles. The molecule has 7 aromatic carbocycles. The lowest BCUT2D eigenvalue weighted by Crippen LogP contribution is -2.18. The highest BCUT2D eigenvalue weighted by Crippen LogP contribution is 2.54. The molecule has 2 atom stereocenters. The molecule has 3 heterocycles. The average Bonchev–Trinajstić information content (AvgIpc) is 3.36. The quantitative estimate of drug-likeness (QED) is 0.0928. The van der Waals surface area contributed by atoms with E-state index >= 15 is 0 Å². The van der Waals surface area contributed by atoms with Gasteiger partial charge in [-0.05, 0) is 78.6 Å². The molecule has 10 rings (SSSR count). The van der Waals surface area contributed by atoms with Gasteiger partial charge in [0.1, 0.15) is 17.2 Å². The summed E-state index contributed by atoms with van der Waals surface area (Å²) in [5.74, 6) is 3.25. The molecule has 67 heavy (non-hydrogen) atoms. The first-order valence-corrected chi connectivity index (χ1v) is 25.2. The SMILES string of the molecule is CCC.CCNc1nc(NCC)nc(-c2ccccc2)n1.CCP1(=O)Oc2ccccc2-c2ccccc21.O=[p+]1oc2ccccc2c2ccccc21.Oc1ccccc1.Oc1ccccc1. The molecule has 11 nitrogen and oxygen atoms in total. The number of benzene rings is 7. The maximum atomic E-state index is 12.8. The van der Waals surface area contributed by atoms with E-state index in [4.69, 9.17) is 18.9 Å². The largest absolute Gasteiger partial charge is 0.597 e. The Labute approximate surface area is 393 Å². The van der Waals surface area contributed by atoms with Crippen molar-refractivity contribution < 1.29 is 28.1 Å². The molecule has 0 aliphatic carbocycles. The van der Waals surface area contributed by atoms with Gasteiger partial charge in [0, 0.05) is 41.2 Å². The van der Waals surface area contributed by atoms with E-state index in [1.165, 1.54) is 6.42 Å². The van der Waals surface area contributed by atoms with Gasteiger partial charge in [-0.15, -0.1) is 0 Å². The number of phenols is 2. The maximum absolute atomic E-state index is 12.8. The molecule has 9 aromatic rings. The van der Waals surface area contributed by atoms with Crippen LogP contribution in [-0.2, 0) is 9.13 Å². The fourth-order valence-electron chi connectivity index (χ4n) is 6.40. The summed E-state index contributed by atoms with van der Waals surface area (Å²) in [7, 11) is -4.46. The number of aromatic nitrogens is 3. The van der Waals surface area contributed by atoms with E-state index in [1.807, 2.05) is 160 Å². The van der Waals surface area contributed by atoms with Gasteiger partial charge in [0.25, 0.3) is 7.37 Å². The molecule has 2 unspecified atom stereocenters. The lowest BCUT2D eigenvalue weighted by Gasteiger charge is -2.27. The second-order valence-electron chi connectivity index (χ2n) is 14.6. The molecular formula is C54H58N5O6P2+. The first-order valence-electron chi connectivity index (χ1n) is 22.2. The van der Waals surface area contributed by atoms with Crippen LogP contribution >= 0.6 is 15.0 Å². The Kier molecular flexibility index (Phi) is 20.1. The van der Waals surface area contributed by atoms with E-state index in [-0.39, 0.29) is 0 Å². The van der Waals surface area contributed by atoms with Crippen molar-refractivity contribution in [1.29, 1.82) is 0 Å². The standard InChI is InChI=1S/C14H13O2P.C13H17N5.C12H8O2P.2C6H6O.C3H8/c1-2-17(15)14-10-6-4-8-12(14)11-7-3-5-9-13(11)16-17;1-3-14-12-16-11(10-8-6-5-7-9-10)17-13(18-12)15-4-2;13-15-12-8-4-2-6-10(12)9-5-1-3-7-11(9)14-15;2*7-6-4-2-1-3-5-6;1-3-2/h3-10H,2H2,1H3;5-9H,3-4H2,1-2H3,(H2,14,15,16,17,18);1-8H;2*1-5,7H;3H2,1-2H3/q;;+1;;;. The minimum Gasteiger partial charge on any atom is -0.508 e. The summed E-state index contributed by atoms with van der Waals surface area (Å²) in [5.41, 5.74) is 3.76. The summed E-state index contributed by atoms with van der Waals surface area (Å²) in [6.07, 6.45) is 1.78. The molecule has 0 amide bonds. The molecule has 1 aliphatic rings. The van der Waals surface area contributed by atoms with Crippen LogP contribution in [0.2, 0.25) is 0 Å². The van der Waals surface area contributed by atoms with E-state index < -0.39 is 15.0 Å². The van der Waals surface area contributed by atoms with Gasteiger partial charge in [-0.2, -0.15) is 15.0 Å². The Hall–Kier alpha value is -7.32. The number of hydrogen-bond donors (Lipinski definition) is 4. The predicted octanol–water partition coefficient (Wildman–Crippen LogP) is 14.6. The summed E-state index contributed by atoms with van der Waals surface area (Å²) in [6.45, 7) is 11.7. The van der Waals surface area contributed by atoms with Crippen LogP contribution in [0.3, 0.4) is 0 Å². The van der Waals surface area contributed by atoms with Crippen molar-refractivity contribution in [3.8, 4) is 39.8 Å². The Morgan fingerprint density at radius 3 is 1.54 bits per heavy atom. The zero-order valence-electron chi connectivity index (χ0n) is 38.5. The van der Waals surface area contributed by atoms with Gasteiger partial charge in [-0.1, -0.05) is 161 Å². The van der Waals surface area contributed by atoms with Crippen molar-refractivity contribution in [3.05, 3.63) is 188 Å². The number of nitrogens with one attached hydrogen (secondary N) is 2. The number of phenolic OH excluding ortho intramolecular Hbond substituents is 2. The van der Waals surface area contributed by atoms with E-state index in [0.717, 1.165) is 56.7 Å². The van der Waals surface area contributed by atoms with Crippen LogP contribution in [0.4, 0.5) is 11.9 Å². The van der Waals surface area contributed by atoms with Gasteiger partial charge in [0.15, 0.2) is 11.4 Å². The van der Waals surface area contributed by atoms with Gasteiger partial charge in [0.2, 0.25) is 17.0 Å². The number of anilines is 2. The smallest absolute Gasteiger partial charge is 0.508 e. The summed E-state index contributed by atoms with van der Waals surface area (Å²) in [5, 5.41) is 27.2. The zero-order chi connectivity index (χ0) is 47.9. The normalized spacial score (nSPS) is 12.9. The van der Waals surface area contributed by atoms with Crippen molar-refractivity contribution >= 4 is 53.7 Å². The molecule has 0 radical (unpaired) electrons. The highest BCUT2D eigenvalue weighted by molar-refractivity contribution is 7.67. The van der Waals surface area contributed by atoms with Gasteiger partial charge < -0.3 is 25.4 Å². The van der Waals surface area contributed by atoms with Gasteiger partial charge >= 0.3 is 7.65 Å². The van der Waals surface area contributed by atoms with Crippen molar-refractivity contribution in [2.45, 2.75) is 41.0 Å². The van der Waals surface area contributed by atoms with Crippen LogP contribution in [0.25, 0.3) is 44.0 Å². The highest BCUT2D eigenvalue weighted by Gasteiger charge is 2.33. The van der Waals surface area contributed by atoms with Crippen LogP contribution in [0, 0.1) is 0 Å². The lowest BCUT2D eigenvalue weighted by molar-refractivity contribution is 0.475. The molecular weight excluding hydrogens is 877 g/mol. The summed E-state index contributed by atoms with van der Waals surface area (Å²) < 4.78 is 35.7. The van der Waals surface area contributed by atoms with E-state index in [2.05, 4.69) is 39.4 Å². The summed E-state index contributed by atoms with van der Waals surface area (Å²) in [4.78, 5) is 13.1. The van der Waals surface area contributed by atoms with Gasteiger partial charge in [-0.25, -0.2) is 4.20 Å². The van der Waals surface area contributed by atoms with Crippen molar-refractivity contribution in [2.75, 3.05) is 29.9 Å². The third-order valence-corrected chi connectivity index (χ3v) is 13.0. The van der Waals surface area contributed by atoms with Crippen LogP contribution in [0.1, 0.15) is 41.0 Å². The van der Waals surface area contributed by atoms with Crippen molar-refractivity contribution in [1.82, 2.24) is 15.0 Å². The number of fused-ring (bicyclic) bond motifs is 6. The van der Waals surface area contributed by atoms with Crippen LogP contribution in [0.5, 0.6) is 17.2 Å². The molecule has 0 saturated carbocycles. The zero-order valence-corrected chi connectivity index (χ0v) is 40.3. The molecule has 0 bridgehead atoms. The molecule has 344 valence electrons. The minimum absolute atomic E-state index is 0.322. The molecule has 1 aliphatic heterocycles.